The molecule has 166 valence electrons. The van der Waals surface area contributed by atoms with Crippen molar-refractivity contribution >= 4 is 23.6 Å². The molecule has 3 heterocycles. The normalized spacial score (nSPS) is 18.0. The average molecular weight is 443 g/mol. The zero-order valence-electron chi connectivity index (χ0n) is 18.4. The molecule has 1 saturated heterocycles. The molecule has 2 aromatic carbocycles. The number of carbonyl (C=O) groups is 4. The smallest absolute Gasteiger partial charge is 0.262 e. The van der Waals surface area contributed by atoms with Crippen LogP contribution in [-0.2, 0) is 9.59 Å². The second-order valence-corrected chi connectivity index (χ2v) is 8.50. The molecular weight excluding hydrogens is 422 g/mol. The summed E-state index contributed by atoms with van der Waals surface area (Å²) in [7, 11) is 0. The largest absolute Gasteiger partial charge is 0.295 e. The zero-order chi connectivity index (χ0) is 23.4. The number of nitrogens with one attached hydrogen (secondary N) is 1. The van der Waals surface area contributed by atoms with Crippen molar-refractivity contribution in [1.29, 1.82) is 0 Å². The fourth-order valence-electron chi connectivity index (χ4n) is 4.67. The highest BCUT2D eigenvalue weighted by Gasteiger charge is 2.44. The van der Waals surface area contributed by atoms with Crippen LogP contribution in [0, 0.1) is 20.8 Å². The van der Waals surface area contributed by atoms with E-state index < -0.39 is 29.7 Å². The van der Waals surface area contributed by atoms with Crippen LogP contribution in [-0.4, -0.2) is 49.6 Å². The van der Waals surface area contributed by atoms with Gasteiger partial charge in [0.2, 0.25) is 11.8 Å². The Morgan fingerprint density at radius 3 is 2.33 bits per heavy atom. The molecule has 9 heteroatoms. The molecule has 1 aromatic heterocycles. The predicted molar refractivity (Wildman–Crippen MR) is 118 cm³/mol. The van der Waals surface area contributed by atoms with Crippen LogP contribution in [0.1, 0.15) is 50.2 Å². The number of rotatable bonds is 3. The average Bonchev–Trinajstić information content (AvgIpc) is 3.32. The van der Waals surface area contributed by atoms with E-state index in [4.69, 9.17) is 0 Å². The van der Waals surface area contributed by atoms with Crippen LogP contribution in [0.5, 0.6) is 0 Å². The third-order valence-corrected chi connectivity index (χ3v) is 6.09. The quantitative estimate of drug-likeness (QED) is 0.621. The maximum atomic E-state index is 13.1. The second-order valence-electron chi connectivity index (χ2n) is 8.50. The van der Waals surface area contributed by atoms with Crippen LogP contribution in [0.4, 0.5) is 0 Å². The first-order valence-corrected chi connectivity index (χ1v) is 10.6. The fraction of sp³-hybridized carbons (Fsp3) is 0.250. The Labute approximate surface area is 189 Å². The summed E-state index contributed by atoms with van der Waals surface area (Å²) in [5, 5.41) is 10.7. The first-order valence-electron chi connectivity index (χ1n) is 10.6. The number of piperidine rings is 1. The summed E-state index contributed by atoms with van der Waals surface area (Å²) in [5.74, 6) is -2.13. The van der Waals surface area contributed by atoms with E-state index in [1.807, 2.05) is 20.8 Å². The van der Waals surface area contributed by atoms with Gasteiger partial charge in [0.15, 0.2) is 0 Å². The minimum Gasteiger partial charge on any atom is -0.295 e. The molecule has 0 bridgehead atoms. The van der Waals surface area contributed by atoms with Gasteiger partial charge in [0.1, 0.15) is 11.7 Å². The van der Waals surface area contributed by atoms with Gasteiger partial charge >= 0.3 is 0 Å². The molecule has 3 aromatic rings. The van der Waals surface area contributed by atoms with Crippen LogP contribution < -0.4 is 5.32 Å². The van der Waals surface area contributed by atoms with Crippen molar-refractivity contribution in [3.63, 3.8) is 0 Å². The van der Waals surface area contributed by atoms with Gasteiger partial charge in [-0.2, -0.15) is 0 Å². The summed E-state index contributed by atoms with van der Waals surface area (Å²) in [6, 6.07) is 8.04. The van der Waals surface area contributed by atoms with Crippen LogP contribution >= 0.6 is 0 Å². The number of imide groups is 2. The van der Waals surface area contributed by atoms with E-state index in [1.165, 1.54) is 0 Å². The molecular formula is C24H21N5O4. The molecule has 1 N–H and O–H groups in total. The number of aryl methyl sites for hydroxylation is 3. The van der Waals surface area contributed by atoms with Crippen molar-refractivity contribution in [1.82, 2.24) is 25.2 Å². The van der Waals surface area contributed by atoms with Crippen LogP contribution in [0.25, 0.3) is 16.9 Å². The van der Waals surface area contributed by atoms with Crippen molar-refractivity contribution in [2.24, 2.45) is 0 Å². The summed E-state index contributed by atoms with van der Waals surface area (Å²) in [6.45, 7) is 6.07. The van der Waals surface area contributed by atoms with Gasteiger partial charge in [0, 0.05) is 12.0 Å². The van der Waals surface area contributed by atoms with E-state index >= 15 is 0 Å². The van der Waals surface area contributed by atoms with E-state index in [-0.39, 0.29) is 24.0 Å². The Morgan fingerprint density at radius 2 is 1.64 bits per heavy atom. The molecule has 1 atom stereocenters. The van der Waals surface area contributed by atoms with Gasteiger partial charge in [-0.1, -0.05) is 29.0 Å². The first kappa shape index (κ1) is 20.7. The topological polar surface area (TPSA) is 114 Å². The molecule has 0 radical (unpaired) electrons. The van der Waals surface area contributed by atoms with Crippen molar-refractivity contribution in [2.45, 2.75) is 39.7 Å². The highest BCUT2D eigenvalue weighted by molar-refractivity contribution is 6.23. The summed E-state index contributed by atoms with van der Waals surface area (Å²) >= 11 is 0. The van der Waals surface area contributed by atoms with Gasteiger partial charge in [-0.15, -0.1) is 5.10 Å². The van der Waals surface area contributed by atoms with E-state index in [0.29, 0.717) is 11.3 Å². The summed E-state index contributed by atoms with van der Waals surface area (Å²) in [4.78, 5) is 50.6. The maximum Gasteiger partial charge on any atom is 0.262 e. The summed E-state index contributed by atoms with van der Waals surface area (Å²) in [6.07, 6.45) is 1.98. The van der Waals surface area contributed by atoms with Crippen LogP contribution in [0.2, 0.25) is 0 Å². The fourth-order valence-corrected chi connectivity index (χ4v) is 4.67. The Bertz CT molecular complexity index is 1350. The molecule has 0 saturated carbocycles. The molecule has 4 amide bonds. The highest BCUT2D eigenvalue weighted by Crippen LogP contribution is 2.31. The molecule has 1 fully saturated rings. The number of hydrogen-bond acceptors (Lipinski definition) is 6. The van der Waals surface area contributed by atoms with Gasteiger partial charge in [-0.05, 0) is 50.5 Å². The summed E-state index contributed by atoms with van der Waals surface area (Å²) in [5.41, 5.74) is 5.86. The van der Waals surface area contributed by atoms with Crippen LogP contribution in [0.3, 0.4) is 0 Å². The Balaban J connectivity index is 1.48. The molecule has 0 aliphatic carbocycles. The molecule has 2 aliphatic heterocycles. The number of amides is 4. The Morgan fingerprint density at radius 1 is 0.939 bits per heavy atom. The van der Waals surface area contributed by atoms with Gasteiger partial charge in [-0.3, -0.25) is 29.4 Å². The zero-order valence-corrected chi connectivity index (χ0v) is 18.4. The molecule has 33 heavy (non-hydrogen) atoms. The number of nitrogens with zero attached hydrogens (tertiary/aromatic N) is 4. The van der Waals surface area contributed by atoms with E-state index in [1.54, 1.807) is 29.1 Å². The molecule has 1 unspecified atom stereocenters. The lowest BCUT2D eigenvalue weighted by atomic mass is 10.0. The van der Waals surface area contributed by atoms with Crippen molar-refractivity contribution in [3.05, 3.63) is 64.3 Å². The third-order valence-electron chi connectivity index (χ3n) is 6.09. The monoisotopic (exact) mass is 443 g/mol. The number of benzene rings is 2. The van der Waals surface area contributed by atoms with E-state index in [2.05, 4.69) is 27.8 Å². The SMILES string of the molecule is Cc1cc(C)c(-n2cc(-c3ccc4c(c3)C(=O)N(C3CCC(=O)NC3=O)C4=O)nn2)c(C)c1. The molecule has 0 spiro atoms. The minimum absolute atomic E-state index is 0.0794. The lowest BCUT2D eigenvalue weighted by Gasteiger charge is -2.27. The van der Waals surface area contributed by atoms with Crippen LogP contribution in [0.15, 0.2) is 36.5 Å². The van der Waals surface area contributed by atoms with Gasteiger partial charge in [0.05, 0.1) is 23.0 Å². The molecule has 2 aliphatic rings. The summed E-state index contributed by atoms with van der Waals surface area (Å²) < 4.78 is 1.70. The lowest BCUT2D eigenvalue weighted by molar-refractivity contribution is -0.136. The minimum atomic E-state index is -0.994. The third kappa shape index (κ3) is 3.32. The first-order chi connectivity index (χ1) is 15.7. The standard InChI is InChI=1S/C24H21N5O4/c1-12-8-13(2)21(14(3)9-12)28-11-18(26-27-28)15-4-5-16-17(10-15)24(33)29(23(16)32)19-6-7-20(30)25-22(19)31/h4-5,8-11,19H,6-7H2,1-3H3,(H,25,30,31). The number of hydrogen-bond donors (Lipinski definition) is 1. The van der Waals surface area contributed by atoms with Gasteiger partial charge < -0.3 is 0 Å². The van der Waals surface area contributed by atoms with Gasteiger partial charge in [-0.25, -0.2) is 4.68 Å². The van der Waals surface area contributed by atoms with E-state index in [9.17, 15) is 19.2 Å². The highest BCUT2D eigenvalue weighted by atomic mass is 16.2. The predicted octanol–water partition coefficient (Wildman–Crippen LogP) is 2.26. The lowest BCUT2D eigenvalue weighted by Crippen LogP contribution is -2.54. The Kier molecular flexibility index (Phi) is 4.70. The number of carbonyl (C=O) groups excluding carboxylic acids is 4. The maximum absolute atomic E-state index is 13.1. The molecule has 5 rings (SSSR count). The molecule has 9 nitrogen and oxygen atoms in total. The van der Waals surface area contributed by atoms with Crippen molar-refractivity contribution in [3.8, 4) is 16.9 Å². The van der Waals surface area contributed by atoms with Crippen molar-refractivity contribution in [2.75, 3.05) is 0 Å². The van der Waals surface area contributed by atoms with Gasteiger partial charge in [0.25, 0.3) is 11.8 Å². The Hall–Kier alpha value is -4.14. The number of fused-ring (bicyclic) bond motifs is 1. The van der Waals surface area contributed by atoms with E-state index in [0.717, 1.165) is 27.3 Å². The second kappa shape index (κ2) is 7.47. The van der Waals surface area contributed by atoms with Crippen molar-refractivity contribution < 1.29 is 19.2 Å². The number of aromatic nitrogens is 3.